The topological polar surface area (TPSA) is 227 Å². The molecule has 15 rings (SSSR count). The molecular weight excluding hydrogens is 1650 g/mol. The van der Waals surface area contributed by atoms with Crippen LogP contribution in [0.5, 0.6) is 28.7 Å². The minimum atomic E-state index is -0.236. The quantitative estimate of drug-likeness (QED) is 0.0660. The van der Waals surface area contributed by atoms with Crippen molar-refractivity contribution in [2.45, 2.75) is 237 Å². The predicted octanol–water partition coefficient (Wildman–Crippen LogP) is 28.7. The molecule has 0 saturated carbocycles. The lowest BCUT2D eigenvalue weighted by Crippen LogP contribution is -2.24. The van der Waals surface area contributed by atoms with Crippen LogP contribution in [-0.4, -0.2) is 97.5 Å². The van der Waals surface area contributed by atoms with Crippen LogP contribution in [0.4, 0.5) is 5.69 Å². The molecule has 18 heteroatoms. The lowest BCUT2D eigenvalue weighted by Gasteiger charge is -2.28. The zero-order valence-corrected chi connectivity index (χ0v) is 82.6. The second kappa shape index (κ2) is 41.7. The van der Waals surface area contributed by atoms with Crippen LogP contribution in [0.25, 0.3) is 67.3 Å². The van der Waals surface area contributed by atoms with Crippen LogP contribution in [0.1, 0.15) is 252 Å². The van der Waals surface area contributed by atoms with Gasteiger partial charge in [0.05, 0.1) is 84.0 Å². The smallest absolute Gasteiger partial charge is 0.258 e. The van der Waals surface area contributed by atoms with Crippen molar-refractivity contribution in [3.05, 3.63) is 298 Å². The molecule has 4 N–H and O–H groups in total. The Kier molecular flexibility index (Phi) is 31.7. The molecule has 2 atom stereocenters. The maximum atomic E-state index is 11.5. The van der Waals surface area contributed by atoms with Crippen LogP contribution < -0.4 is 4.74 Å². The van der Waals surface area contributed by atoms with Crippen molar-refractivity contribution in [2.24, 2.45) is 25.8 Å². The summed E-state index contributed by atoms with van der Waals surface area (Å²) in [6, 6.07) is 74.1. The van der Waals surface area contributed by atoms with Crippen LogP contribution >= 0.6 is 23.5 Å². The van der Waals surface area contributed by atoms with Gasteiger partial charge < -0.3 is 34.4 Å². The second-order valence-corrected chi connectivity index (χ2v) is 43.3. The van der Waals surface area contributed by atoms with Gasteiger partial charge in [-0.25, -0.2) is 9.97 Å². The van der Waals surface area contributed by atoms with Crippen molar-refractivity contribution in [1.29, 1.82) is 0 Å². The van der Waals surface area contributed by atoms with Gasteiger partial charge in [-0.05, 0) is 180 Å². The number of hydrogen-bond acceptors (Lipinski definition) is 18. The van der Waals surface area contributed by atoms with E-state index in [1.165, 1.54) is 11.1 Å². The standard InChI is InChI=1S/C30H38O2.C22H26N2O2.C22H24N2O.C19H27N3S2.C19H18N2O2/c1-28(2,3)20-15-22(19-13-11-10-12-14-19)26(31)23(16-20)24-17-21(29(4,5)6)18-25(27(24)32)30(7,8)9;1-21(2,3)15-12-16(18(25)17(13-15)22(4,5)6)19-23-20(26-24-19)14-10-8-7-9-11-14;1-14(2)18-8-6-9-19(15(3)4)22(18)23-13-17-12-11-16-7-5-10-20(25)21(16)24-17;1-18(2,3)14-10-23-16(21-14)12-8-7-9-13(20-12)17-22-15(11-24-17)19(4,5)6;1-22-19-11-3-2-9-17(19)18-10-6-8-16(21-18)14-23-13-15-7-4-5-12-20-15/h10-18,31-32H,1-9H3;7-13,25H,1-6H3;5-15,25H,1-4H3;7-9,14-15H,10-11H2,1-6H3;2-12H,13-14H2,1H3. The fourth-order valence-corrected chi connectivity index (χ4v) is 17.4. The van der Waals surface area contributed by atoms with Crippen LogP contribution in [0.2, 0.25) is 0 Å². The van der Waals surface area contributed by atoms with Crippen LogP contribution in [0.15, 0.2) is 250 Å². The molecule has 680 valence electrons. The summed E-state index contributed by atoms with van der Waals surface area (Å²) < 4.78 is 16.5. The van der Waals surface area contributed by atoms with Crippen molar-refractivity contribution in [3.8, 4) is 85.1 Å². The molecule has 2 aliphatic heterocycles. The van der Waals surface area contributed by atoms with E-state index in [1.807, 2.05) is 187 Å². The first-order chi connectivity index (χ1) is 61.2. The summed E-state index contributed by atoms with van der Waals surface area (Å²) in [5.41, 5.74) is 19.9. The number of para-hydroxylation sites is 3. The van der Waals surface area contributed by atoms with Crippen LogP contribution in [0, 0.1) is 10.8 Å². The van der Waals surface area contributed by atoms with E-state index >= 15 is 0 Å². The molecule has 13 aromatic rings. The van der Waals surface area contributed by atoms with Gasteiger partial charge in [-0.15, -0.1) is 23.5 Å². The Morgan fingerprint density at radius 2 is 0.900 bits per heavy atom. The van der Waals surface area contributed by atoms with Gasteiger partial charge in [-0.3, -0.25) is 24.9 Å². The number of phenolic OH excluding ortho intramolecular Hbond substituents is 4. The van der Waals surface area contributed by atoms with E-state index in [4.69, 9.17) is 34.0 Å². The number of thioether (sulfide) groups is 2. The Balaban J connectivity index is 0.000000158. The Labute approximate surface area is 780 Å². The van der Waals surface area contributed by atoms with Crippen molar-refractivity contribution in [2.75, 3.05) is 18.6 Å². The molecule has 0 radical (unpaired) electrons. The van der Waals surface area contributed by atoms with E-state index in [0.717, 1.165) is 123 Å². The van der Waals surface area contributed by atoms with Crippen molar-refractivity contribution in [1.82, 2.24) is 30.1 Å². The highest BCUT2D eigenvalue weighted by Gasteiger charge is 2.35. The number of methoxy groups -OCH3 is 1. The van der Waals surface area contributed by atoms with Gasteiger partial charge in [0.2, 0.25) is 5.82 Å². The van der Waals surface area contributed by atoms with Gasteiger partial charge in [0.25, 0.3) is 5.89 Å². The molecule has 7 heterocycles. The lowest BCUT2D eigenvalue weighted by molar-refractivity contribution is 0.102. The number of aliphatic imine (C=N–C) groups is 3. The molecule has 0 spiro atoms. The fraction of sp³-hybridized carbons (Fsp3) is 0.366. The number of aromatic hydroxyl groups is 4. The number of phenols is 4. The molecule has 16 nitrogen and oxygen atoms in total. The van der Waals surface area contributed by atoms with Gasteiger partial charge in [0.15, 0.2) is 0 Å². The van der Waals surface area contributed by atoms with Gasteiger partial charge in [0.1, 0.15) is 44.4 Å². The Morgan fingerprint density at radius 1 is 0.431 bits per heavy atom. The highest BCUT2D eigenvalue weighted by atomic mass is 32.2. The SMILES string of the molecule is CC(C)(C)C1CSC(c2cccc(C3=NC(C(C)(C)C)CS3)n2)=N1.CC(C)(C)c1cc(-c2ccccc2)c(O)c(-c2cc(C(C)(C)C)cc(C(C)(C)C)c2O)c1.CC(C)(C)c1cc(-c2noc(-c3ccccc3)n2)c(O)c(C(C)(C)C)c1.CC(C)c1cccc(C(C)C)c1N=Cc1ccc2cccc(O)c2n1.COc1ccccc1-c1cccc(COCc2ccccn2)n1. The first-order valence-corrected chi connectivity index (χ1v) is 46.9. The third-order valence-electron chi connectivity index (χ3n) is 22.9. The summed E-state index contributed by atoms with van der Waals surface area (Å²) in [5.74, 6) is 5.40. The number of aromatic nitrogens is 6. The molecule has 0 saturated heterocycles. The molecule has 130 heavy (non-hydrogen) atoms. The molecule has 2 aliphatic rings. The molecule has 0 amide bonds. The third kappa shape index (κ3) is 25.5. The van der Waals surface area contributed by atoms with E-state index in [0.29, 0.717) is 71.1 Å². The number of rotatable bonds is 16. The first kappa shape index (κ1) is 99.0. The Hall–Kier alpha value is -11.6. The van der Waals surface area contributed by atoms with Crippen LogP contribution in [0.3, 0.4) is 0 Å². The number of pyridine rings is 4. The van der Waals surface area contributed by atoms with Gasteiger partial charge in [-0.1, -0.05) is 306 Å². The molecule has 5 aromatic heterocycles. The maximum Gasteiger partial charge on any atom is 0.258 e. The summed E-state index contributed by atoms with van der Waals surface area (Å²) >= 11 is 3.65. The maximum absolute atomic E-state index is 11.5. The molecule has 2 unspecified atom stereocenters. The Morgan fingerprint density at radius 3 is 1.42 bits per heavy atom. The molecule has 0 fully saturated rings. The normalized spacial score (nSPS) is 14.4. The number of ether oxygens (including phenoxy) is 2. The number of nitrogens with zero attached hydrogens (tertiary/aromatic N) is 9. The zero-order chi connectivity index (χ0) is 94.6. The van der Waals surface area contributed by atoms with Gasteiger partial charge in [-0.2, -0.15) is 4.98 Å². The largest absolute Gasteiger partial charge is 0.507 e. The van der Waals surface area contributed by atoms with E-state index in [1.54, 1.807) is 25.6 Å². The highest BCUT2D eigenvalue weighted by molar-refractivity contribution is 8.15. The van der Waals surface area contributed by atoms with E-state index in [-0.39, 0.29) is 60.9 Å². The van der Waals surface area contributed by atoms with Crippen LogP contribution in [-0.2, 0) is 45.0 Å². The summed E-state index contributed by atoms with van der Waals surface area (Å²) in [6.45, 7) is 55.3. The molecule has 8 aromatic carbocycles. The first-order valence-electron chi connectivity index (χ1n) is 45.0. The number of hydrogen-bond donors (Lipinski definition) is 4. The molecule has 0 bridgehead atoms. The Bertz CT molecular complexity index is 6050. The average molecular weight is 1780 g/mol. The van der Waals surface area contributed by atoms with E-state index in [9.17, 15) is 20.4 Å². The summed E-state index contributed by atoms with van der Waals surface area (Å²) in [6.07, 6.45) is 3.55. The number of fused-ring (bicyclic) bond motifs is 1. The summed E-state index contributed by atoms with van der Waals surface area (Å²) in [5, 5.41) is 51.1. The molecular formula is C112H133N9O7S2. The lowest BCUT2D eigenvalue weighted by atomic mass is 9.77. The predicted molar refractivity (Wildman–Crippen MR) is 544 cm³/mol. The minimum Gasteiger partial charge on any atom is -0.507 e. The fourth-order valence-electron chi connectivity index (χ4n) is 14.7. The highest BCUT2D eigenvalue weighted by Crippen LogP contribution is 2.50. The van der Waals surface area contributed by atoms with E-state index in [2.05, 4.69) is 253 Å². The van der Waals surface area contributed by atoms with Crippen molar-refractivity contribution in [3.63, 3.8) is 0 Å². The number of benzene rings is 8. The molecule has 0 aliphatic carbocycles. The van der Waals surface area contributed by atoms with Crippen molar-refractivity contribution >= 4 is 56.4 Å². The third-order valence-corrected chi connectivity index (χ3v) is 25.0. The zero-order valence-electron chi connectivity index (χ0n) is 81.0. The van der Waals surface area contributed by atoms with Gasteiger partial charge >= 0.3 is 0 Å². The average Bonchev–Trinajstić information content (AvgIpc) is 0.916. The van der Waals surface area contributed by atoms with E-state index < -0.39 is 0 Å². The minimum absolute atomic E-state index is 0.0611. The van der Waals surface area contributed by atoms with Crippen molar-refractivity contribution < 1.29 is 34.4 Å². The summed E-state index contributed by atoms with van der Waals surface area (Å²) in [7, 11) is 1.67. The monoisotopic (exact) mass is 1780 g/mol. The van der Waals surface area contributed by atoms with Gasteiger partial charge in [0, 0.05) is 62.0 Å². The second-order valence-electron chi connectivity index (χ2n) is 41.3. The summed E-state index contributed by atoms with van der Waals surface area (Å²) in [4.78, 5) is 37.4.